The number of rotatable bonds is 3. The van der Waals surface area contributed by atoms with Crippen LogP contribution in [-0.4, -0.2) is 11.7 Å². The Morgan fingerprint density at radius 2 is 1.60 bits per heavy atom. The Labute approximate surface area is 86.5 Å². The average Bonchev–Trinajstić information content (AvgIpc) is 2.14. The lowest BCUT2D eigenvalue weighted by Gasteiger charge is -2.21. The Bertz CT molecular complexity index is 361. The van der Waals surface area contributed by atoms with Crippen LogP contribution in [0.4, 0.5) is 13.2 Å². The zero-order valence-electron chi connectivity index (χ0n) is 8.65. The first-order chi connectivity index (χ1) is 6.85. The molecule has 0 aliphatic rings. The first kappa shape index (κ1) is 12.0. The van der Waals surface area contributed by atoms with E-state index in [2.05, 4.69) is 0 Å². The molecule has 0 aromatic heterocycles. The monoisotopic (exact) mass is 218 g/mol. The van der Waals surface area contributed by atoms with Gasteiger partial charge in [0.25, 0.3) is 0 Å². The van der Waals surface area contributed by atoms with Gasteiger partial charge in [0.15, 0.2) is 11.6 Å². The van der Waals surface area contributed by atoms with Gasteiger partial charge in [-0.25, -0.2) is 13.2 Å². The van der Waals surface area contributed by atoms with Gasteiger partial charge in [-0.1, -0.05) is 13.8 Å². The summed E-state index contributed by atoms with van der Waals surface area (Å²) < 4.78 is 38.7. The smallest absolute Gasteiger partial charge is 0.161 e. The van der Waals surface area contributed by atoms with Crippen molar-refractivity contribution in [3.63, 3.8) is 0 Å². The van der Waals surface area contributed by atoms with E-state index >= 15 is 0 Å². The normalized spacial score (nSPS) is 11.9. The van der Waals surface area contributed by atoms with Crippen molar-refractivity contribution in [1.29, 1.82) is 0 Å². The van der Waals surface area contributed by atoms with Crippen LogP contribution in [0, 0.1) is 22.9 Å². The molecule has 1 N–H and O–H groups in total. The second-order valence-electron chi connectivity index (χ2n) is 4.36. The molecule has 0 amide bonds. The summed E-state index contributed by atoms with van der Waals surface area (Å²) in [5.41, 5.74) is -0.474. The van der Waals surface area contributed by atoms with Crippen molar-refractivity contribution in [3.8, 4) is 0 Å². The minimum atomic E-state index is -1.20. The summed E-state index contributed by atoms with van der Waals surface area (Å²) in [7, 11) is 0. The highest BCUT2D eigenvalue weighted by atomic mass is 19.2. The Balaban J connectivity index is 3.01. The van der Waals surface area contributed by atoms with E-state index in [1.807, 2.05) is 0 Å². The molecule has 0 atom stereocenters. The van der Waals surface area contributed by atoms with Crippen molar-refractivity contribution < 1.29 is 18.3 Å². The number of hydrogen-bond acceptors (Lipinski definition) is 1. The van der Waals surface area contributed by atoms with Crippen LogP contribution in [0.15, 0.2) is 12.1 Å². The van der Waals surface area contributed by atoms with Crippen molar-refractivity contribution in [2.75, 3.05) is 6.61 Å². The molecule has 1 rings (SSSR count). The number of hydrogen-bond donors (Lipinski definition) is 1. The summed E-state index contributed by atoms with van der Waals surface area (Å²) in [6.45, 7) is 3.28. The molecule has 0 bridgehead atoms. The quantitative estimate of drug-likeness (QED) is 0.773. The summed E-state index contributed by atoms with van der Waals surface area (Å²) >= 11 is 0. The van der Waals surface area contributed by atoms with Crippen LogP contribution < -0.4 is 0 Å². The first-order valence-corrected chi connectivity index (χ1v) is 4.60. The van der Waals surface area contributed by atoms with Crippen LogP contribution in [0.2, 0.25) is 0 Å². The van der Waals surface area contributed by atoms with E-state index < -0.39 is 22.9 Å². The van der Waals surface area contributed by atoms with Crippen LogP contribution in [0.5, 0.6) is 0 Å². The molecule has 0 radical (unpaired) electrons. The van der Waals surface area contributed by atoms with Gasteiger partial charge in [-0.3, -0.25) is 0 Å². The van der Waals surface area contributed by atoms with Crippen molar-refractivity contribution in [2.45, 2.75) is 20.3 Å². The van der Waals surface area contributed by atoms with Crippen molar-refractivity contribution in [1.82, 2.24) is 0 Å². The highest BCUT2D eigenvalue weighted by Gasteiger charge is 2.20. The SMILES string of the molecule is CC(C)(CO)Cc1cc(F)c(F)cc1F. The van der Waals surface area contributed by atoms with Crippen LogP contribution in [0.25, 0.3) is 0 Å². The van der Waals surface area contributed by atoms with Gasteiger partial charge in [0, 0.05) is 12.7 Å². The van der Waals surface area contributed by atoms with Crippen molar-refractivity contribution in [3.05, 3.63) is 35.1 Å². The third-order valence-electron chi connectivity index (χ3n) is 2.19. The molecule has 0 spiro atoms. The molecule has 84 valence electrons. The van der Waals surface area contributed by atoms with Crippen molar-refractivity contribution >= 4 is 0 Å². The molecule has 0 unspecified atom stereocenters. The van der Waals surface area contributed by atoms with Crippen molar-refractivity contribution in [2.24, 2.45) is 5.41 Å². The third-order valence-corrected chi connectivity index (χ3v) is 2.19. The van der Waals surface area contributed by atoms with Gasteiger partial charge >= 0.3 is 0 Å². The van der Waals surface area contributed by atoms with E-state index in [1.54, 1.807) is 13.8 Å². The molecular weight excluding hydrogens is 205 g/mol. The molecule has 1 aromatic carbocycles. The van der Waals surface area contributed by atoms with Gasteiger partial charge in [-0.05, 0) is 23.5 Å². The van der Waals surface area contributed by atoms with Crippen LogP contribution in [0.3, 0.4) is 0 Å². The highest BCUT2D eigenvalue weighted by Crippen LogP contribution is 2.24. The topological polar surface area (TPSA) is 20.2 Å². The molecule has 0 heterocycles. The molecule has 0 aliphatic carbocycles. The summed E-state index contributed by atoms with van der Waals surface area (Å²) in [4.78, 5) is 0. The van der Waals surface area contributed by atoms with E-state index in [0.29, 0.717) is 6.07 Å². The van der Waals surface area contributed by atoms with E-state index in [1.165, 1.54) is 0 Å². The number of halogens is 3. The Morgan fingerprint density at radius 3 is 2.13 bits per heavy atom. The second-order valence-corrected chi connectivity index (χ2v) is 4.36. The minimum Gasteiger partial charge on any atom is -0.396 e. The van der Waals surface area contributed by atoms with E-state index in [4.69, 9.17) is 5.11 Å². The summed E-state index contributed by atoms with van der Waals surface area (Å²) in [6.07, 6.45) is 0.159. The highest BCUT2D eigenvalue weighted by molar-refractivity contribution is 5.21. The third kappa shape index (κ3) is 2.96. The Kier molecular flexibility index (Phi) is 3.39. The Morgan fingerprint density at radius 1 is 1.07 bits per heavy atom. The van der Waals surface area contributed by atoms with E-state index in [0.717, 1.165) is 6.07 Å². The van der Waals surface area contributed by atoms with Crippen LogP contribution in [0.1, 0.15) is 19.4 Å². The van der Waals surface area contributed by atoms with Gasteiger partial charge in [0.05, 0.1) is 0 Å². The fourth-order valence-corrected chi connectivity index (χ4v) is 1.27. The zero-order valence-corrected chi connectivity index (χ0v) is 8.65. The maximum atomic E-state index is 13.2. The molecule has 1 aromatic rings. The minimum absolute atomic E-state index is 0.0768. The van der Waals surface area contributed by atoms with Crippen LogP contribution in [-0.2, 0) is 6.42 Å². The molecule has 1 nitrogen and oxygen atoms in total. The van der Waals surface area contributed by atoms with Gasteiger partial charge in [0.1, 0.15) is 5.82 Å². The zero-order chi connectivity index (χ0) is 11.6. The maximum Gasteiger partial charge on any atom is 0.161 e. The molecule has 4 heteroatoms. The lowest BCUT2D eigenvalue weighted by atomic mass is 9.86. The van der Waals surface area contributed by atoms with Gasteiger partial charge < -0.3 is 5.11 Å². The fourth-order valence-electron chi connectivity index (χ4n) is 1.27. The first-order valence-electron chi connectivity index (χ1n) is 4.60. The predicted molar refractivity (Wildman–Crippen MR) is 50.9 cm³/mol. The molecule has 15 heavy (non-hydrogen) atoms. The molecule has 0 saturated heterocycles. The summed E-state index contributed by atoms with van der Waals surface area (Å²) in [6, 6.07) is 1.36. The molecule has 0 fully saturated rings. The van der Waals surface area contributed by atoms with Gasteiger partial charge in [0.2, 0.25) is 0 Å². The van der Waals surface area contributed by atoms with Crippen LogP contribution >= 0.6 is 0 Å². The van der Waals surface area contributed by atoms with E-state index in [9.17, 15) is 13.2 Å². The summed E-state index contributed by atoms with van der Waals surface area (Å²) in [5.74, 6) is -3.05. The number of benzene rings is 1. The summed E-state index contributed by atoms with van der Waals surface area (Å²) in [5, 5.41) is 8.98. The average molecular weight is 218 g/mol. The fraction of sp³-hybridized carbons (Fsp3) is 0.455. The lowest BCUT2D eigenvalue weighted by molar-refractivity contribution is 0.158. The maximum absolute atomic E-state index is 13.2. The van der Waals surface area contributed by atoms with E-state index in [-0.39, 0.29) is 18.6 Å². The number of aliphatic hydroxyl groups is 1. The van der Waals surface area contributed by atoms with Gasteiger partial charge in [-0.15, -0.1) is 0 Å². The molecular formula is C11H13F3O. The second kappa shape index (κ2) is 4.23. The standard InChI is InChI=1S/C11H13F3O/c1-11(2,6-15)5-7-3-9(13)10(14)4-8(7)12/h3-4,15H,5-6H2,1-2H3. The van der Waals surface area contributed by atoms with Gasteiger partial charge in [-0.2, -0.15) is 0 Å². The largest absolute Gasteiger partial charge is 0.396 e. The lowest BCUT2D eigenvalue weighted by Crippen LogP contribution is -2.20. The Hall–Kier alpha value is -1.03. The number of aliphatic hydroxyl groups excluding tert-OH is 1. The molecule has 0 saturated carbocycles. The molecule has 0 aliphatic heterocycles. The predicted octanol–water partition coefficient (Wildman–Crippen LogP) is 2.66.